The molecule has 8 rings (SSSR count). The molecule has 0 saturated carbocycles. The van der Waals surface area contributed by atoms with E-state index in [1.807, 2.05) is 13.8 Å². The molecule has 0 aromatic heterocycles. The Morgan fingerprint density at radius 2 is 0.759 bits per heavy atom. The molecule has 0 aliphatic carbocycles. The normalized spacial score (nSPS) is 13.1. The Morgan fingerprint density at radius 3 is 1.07 bits per heavy atom. The monoisotopic (exact) mass is 1150 g/mol. The molecule has 436 valence electrons. The van der Waals surface area contributed by atoms with Crippen LogP contribution in [0.3, 0.4) is 0 Å². The highest BCUT2D eigenvalue weighted by molar-refractivity contribution is 5.67. The van der Waals surface area contributed by atoms with Crippen molar-refractivity contribution in [3.63, 3.8) is 0 Å². The van der Waals surface area contributed by atoms with Crippen molar-refractivity contribution in [2.75, 3.05) is 27.4 Å². The van der Waals surface area contributed by atoms with Gasteiger partial charge in [0.15, 0.2) is 0 Å². The van der Waals surface area contributed by atoms with E-state index in [1.54, 1.807) is 48.5 Å². The van der Waals surface area contributed by atoms with E-state index >= 15 is 26.3 Å². The van der Waals surface area contributed by atoms with Gasteiger partial charge in [0.2, 0.25) is 0 Å². The molecule has 8 aromatic carbocycles. The van der Waals surface area contributed by atoms with Crippen molar-refractivity contribution in [3.8, 4) is 33.8 Å². The average molecular weight is 1160 g/mol. The number of ether oxygens (including phenoxy) is 3. The highest BCUT2D eigenvalue weighted by Crippen LogP contribution is 2.51. The molecule has 0 spiro atoms. The van der Waals surface area contributed by atoms with Gasteiger partial charge < -0.3 is 14.2 Å². The van der Waals surface area contributed by atoms with Crippen LogP contribution in [0.4, 0.5) is 52.7 Å². The van der Waals surface area contributed by atoms with Crippen LogP contribution in [0, 0.1) is 23.5 Å². The third-order valence-corrected chi connectivity index (χ3v) is 14.9. The van der Waals surface area contributed by atoms with Gasteiger partial charge in [-0.15, -0.1) is 0 Å². The molecule has 0 amide bonds. The first-order chi connectivity index (χ1) is 39.6. The van der Waals surface area contributed by atoms with Crippen LogP contribution in [0.2, 0.25) is 0 Å². The lowest BCUT2D eigenvalue weighted by Crippen LogP contribution is -2.30. The summed E-state index contributed by atoms with van der Waals surface area (Å²) in [6.45, 7) is 2.23. The first-order valence-corrected chi connectivity index (χ1v) is 27.3. The summed E-state index contributed by atoms with van der Waals surface area (Å²) in [5.41, 5.74) is -0.778. The molecule has 3 nitrogen and oxygen atoms in total. The SMILES string of the molecule is CCCc1ccc(-c2ccc(Cc3c(CC(COC)C(F)(F)F)ccc(Oc4ccc(CC(COC)C(F)(F)F)c(Cc5ccc(-c6ccc(CCC)cc6F)cc5)c4C(F)(F)c4ccccc4)c3C(F)(F)c3ccccc3)cc2)c(F)c1. The molecule has 0 N–H and O–H groups in total. The Morgan fingerprint density at radius 1 is 0.410 bits per heavy atom. The molecule has 0 heterocycles. The van der Waals surface area contributed by atoms with E-state index in [0.717, 1.165) is 86.7 Å². The van der Waals surface area contributed by atoms with Gasteiger partial charge in [-0.3, -0.25) is 0 Å². The summed E-state index contributed by atoms with van der Waals surface area (Å²) in [5.74, 6) is -15.2. The number of rotatable bonds is 24. The van der Waals surface area contributed by atoms with E-state index in [0.29, 0.717) is 35.1 Å². The Kier molecular flexibility index (Phi) is 19.7. The summed E-state index contributed by atoms with van der Waals surface area (Å²) in [6.07, 6.45) is -9.60. The molecule has 0 aliphatic rings. The topological polar surface area (TPSA) is 27.7 Å². The first-order valence-electron chi connectivity index (χ1n) is 27.3. The number of halogens is 12. The van der Waals surface area contributed by atoms with Crippen molar-refractivity contribution in [3.05, 3.63) is 248 Å². The second-order valence-electron chi connectivity index (χ2n) is 20.8. The van der Waals surface area contributed by atoms with Gasteiger partial charge in [-0.25, -0.2) is 8.78 Å². The molecule has 2 unspecified atom stereocenters. The van der Waals surface area contributed by atoms with Gasteiger partial charge >= 0.3 is 24.2 Å². The predicted molar refractivity (Wildman–Crippen MR) is 299 cm³/mol. The number of benzene rings is 8. The van der Waals surface area contributed by atoms with Gasteiger partial charge in [0.25, 0.3) is 0 Å². The second-order valence-corrected chi connectivity index (χ2v) is 20.8. The maximum Gasteiger partial charge on any atom is 0.394 e. The van der Waals surface area contributed by atoms with Gasteiger partial charge in [0, 0.05) is 36.5 Å². The summed E-state index contributed by atoms with van der Waals surface area (Å²) in [4.78, 5) is 0. The maximum absolute atomic E-state index is 18.1. The van der Waals surface area contributed by atoms with Crippen molar-refractivity contribution in [2.45, 2.75) is 89.4 Å². The number of aryl methyl sites for hydroxylation is 2. The Bertz CT molecular complexity index is 3200. The second kappa shape index (κ2) is 26.5. The predicted octanol–water partition coefficient (Wildman–Crippen LogP) is 19.2. The number of hydrogen-bond acceptors (Lipinski definition) is 3. The Labute approximate surface area is 475 Å². The Balaban J connectivity index is 1.36. The minimum Gasteiger partial charge on any atom is -0.456 e. The first kappa shape index (κ1) is 61.7. The third kappa shape index (κ3) is 14.5. The number of alkyl halides is 10. The lowest BCUT2D eigenvalue weighted by Gasteiger charge is -2.30. The lowest BCUT2D eigenvalue weighted by molar-refractivity contribution is -0.186. The molecular weight excluding hydrogens is 1090 g/mol. The minimum absolute atomic E-state index is 0.202. The van der Waals surface area contributed by atoms with Crippen LogP contribution in [0.25, 0.3) is 22.3 Å². The quantitative estimate of drug-likeness (QED) is 0.0565. The summed E-state index contributed by atoms with van der Waals surface area (Å²) in [6, 6.07) is 38.9. The van der Waals surface area contributed by atoms with E-state index in [9.17, 15) is 26.3 Å². The molecule has 0 fully saturated rings. The van der Waals surface area contributed by atoms with Crippen LogP contribution in [0.5, 0.6) is 11.5 Å². The number of methoxy groups -OCH3 is 2. The zero-order chi connectivity index (χ0) is 59.7. The molecule has 0 aliphatic heterocycles. The lowest BCUT2D eigenvalue weighted by atomic mass is 9.84. The summed E-state index contributed by atoms with van der Waals surface area (Å²) in [7, 11) is 2.14. The van der Waals surface area contributed by atoms with Crippen LogP contribution < -0.4 is 4.74 Å². The maximum atomic E-state index is 18.1. The van der Waals surface area contributed by atoms with Gasteiger partial charge in [-0.05, 0) is 118 Å². The standard InChI is InChI=1S/C68H62F12O3/c1-5-13-43-23-31-55(59(69)37-43)47-25-19-45(20-26-47)35-57-49(39-53(41-81-3)67(75,76)77)29-33-61(63(57)65(71,72)51-15-9-7-10-16-51)83-62-34-30-50(40-54(42-82-4)68(78,79)80)58(64(62)66(73,74)52-17-11-8-12-18-52)36-46-21-27-48(28-22-46)56-32-24-44(14-6-2)38-60(56)70/h7-12,15-34,37-38,53-54H,5-6,13-14,35-36,39-42H2,1-4H3. The van der Waals surface area contributed by atoms with Gasteiger partial charge in [-0.2, -0.15) is 43.9 Å². The fraction of sp³-hybridized carbons (Fsp3) is 0.294. The molecule has 0 radical (unpaired) electrons. The van der Waals surface area contributed by atoms with Crippen LogP contribution in [-0.4, -0.2) is 39.8 Å². The largest absolute Gasteiger partial charge is 0.456 e. The van der Waals surface area contributed by atoms with E-state index < -0.39 is 120 Å². The molecular formula is C68H62F12O3. The van der Waals surface area contributed by atoms with Crippen molar-refractivity contribution < 1.29 is 66.9 Å². The van der Waals surface area contributed by atoms with Crippen molar-refractivity contribution in [2.24, 2.45) is 11.8 Å². The van der Waals surface area contributed by atoms with Crippen molar-refractivity contribution in [1.29, 1.82) is 0 Å². The van der Waals surface area contributed by atoms with Crippen LogP contribution in [0.1, 0.15) is 93.5 Å². The van der Waals surface area contributed by atoms with Crippen LogP contribution in [0.15, 0.2) is 170 Å². The smallest absolute Gasteiger partial charge is 0.394 e. The van der Waals surface area contributed by atoms with Crippen LogP contribution >= 0.6 is 0 Å². The van der Waals surface area contributed by atoms with Gasteiger partial charge in [0.05, 0.1) is 36.2 Å². The highest BCUT2D eigenvalue weighted by atomic mass is 19.4. The van der Waals surface area contributed by atoms with Crippen molar-refractivity contribution in [1.82, 2.24) is 0 Å². The fourth-order valence-electron chi connectivity index (χ4n) is 10.6. The van der Waals surface area contributed by atoms with E-state index in [4.69, 9.17) is 14.2 Å². The number of hydrogen-bond donors (Lipinski definition) is 0. The summed E-state index contributed by atoms with van der Waals surface area (Å²) < 4.78 is 209. The summed E-state index contributed by atoms with van der Waals surface area (Å²) >= 11 is 0. The van der Waals surface area contributed by atoms with E-state index in [1.165, 1.54) is 72.8 Å². The summed E-state index contributed by atoms with van der Waals surface area (Å²) in [5, 5.41) is 0. The molecule has 8 aromatic rings. The molecule has 15 heteroatoms. The zero-order valence-electron chi connectivity index (χ0n) is 46.2. The third-order valence-electron chi connectivity index (χ3n) is 14.9. The van der Waals surface area contributed by atoms with Gasteiger partial charge in [0.1, 0.15) is 23.1 Å². The molecule has 2 atom stereocenters. The van der Waals surface area contributed by atoms with E-state index in [2.05, 4.69) is 0 Å². The molecule has 0 saturated heterocycles. The van der Waals surface area contributed by atoms with E-state index in [-0.39, 0.29) is 33.4 Å². The minimum atomic E-state index is -4.89. The average Bonchev–Trinajstić information content (AvgIpc) is 3.52. The van der Waals surface area contributed by atoms with Gasteiger partial charge in [-0.1, -0.05) is 172 Å². The molecule has 83 heavy (non-hydrogen) atoms. The van der Waals surface area contributed by atoms with Crippen molar-refractivity contribution >= 4 is 0 Å². The Hall–Kier alpha value is -7.36. The van der Waals surface area contributed by atoms with Crippen LogP contribution in [-0.2, 0) is 59.8 Å². The fourth-order valence-corrected chi connectivity index (χ4v) is 10.6. The zero-order valence-corrected chi connectivity index (χ0v) is 46.2. The molecule has 0 bridgehead atoms. The highest BCUT2D eigenvalue weighted by Gasteiger charge is 2.46.